The van der Waals surface area contributed by atoms with Gasteiger partial charge in [-0.15, -0.1) is 0 Å². The Bertz CT molecular complexity index is 540. The molecule has 2 saturated heterocycles. The monoisotopic (exact) mass is 289 g/mol. The lowest BCUT2D eigenvalue weighted by Crippen LogP contribution is -2.79. The second-order valence-electron chi connectivity index (χ2n) is 7.19. The largest absolute Gasteiger partial charge is 0.465 e. The lowest BCUT2D eigenvalue weighted by molar-refractivity contribution is -0.0311. The fraction of sp³-hybridized carbons (Fsp3) is 0.625. The van der Waals surface area contributed by atoms with E-state index in [-0.39, 0.29) is 11.0 Å². The molecule has 0 radical (unpaired) electrons. The second-order valence-corrected chi connectivity index (χ2v) is 7.19. The van der Waals surface area contributed by atoms with Crippen molar-refractivity contribution < 1.29 is 9.90 Å². The highest BCUT2D eigenvalue weighted by molar-refractivity contribution is 5.66. The van der Waals surface area contributed by atoms with E-state index in [2.05, 4.69) is 36.7 Å². The first-order valence-corrected chi connectivity index (χ1v) is 7.52. The minimum absolute atomic E-state index is 0.000121. The Morgan fingerprint density at radius 1 is 1.48 bits per heavy atom. The van der Waals surface area contributed by atoms with Crippen LogP contribution in [0.25, 0.3) is 0 Å². The summed E-state index contributed by atoms with van der Waals surface area (Å²) in [5, 5.41) is 9.40. The van der Waals surface area contributed by atoms with Gasteiger partial charge in [-0.2, -0.15) is 0 Å². The molecule has 0 bridgehead atoms. The van der Waals surface area contributed by atoms with Gasteiger partial charge in [-0.3, -0.25) is 4.98 Å². The van der Waals surface area contributed by atoms with E-state index >= 15 is 0 Å². The van der Waals surface area contributed by atoms with Crippen LogP contribution in [-0.4, -0.2) is 46.3 Å². The summed E-state index contributed by atoms with van der Waals surface area (Å²) in [6.07, 6.45) is 3.79. The van der Waals surface area contributed by atoms with Crippen LogP contribution in [0.2, 0.25) is 0 Å². The molecule has 5 nitrogen and oxygen atoms in total. The Morgan fingerprint density at radius 3 is 2.81 bits per heavy atom. The lowest BCUT2D eigenvalue weighted by atomic mass is 9.57. The number of nitrogens with zero attached hydrogens (tertiary/aromatic N) is 3. The average Bonchev–Trinajstić information content (AvgIpc) is 2.39. The van der Waals surface area contributed by atoms with Crippen molar-refractivity contribution in [3.05, 3.63) is 24.5 Å². The first-order valence-electron chi connectivity index (χ1n) is 7.52. The van der Waals surface area contributed by atoms with Crippen molar-refractivity contribution in [2.24, 2.45) is 11.3 Å². The van der Waals surface area contributed by atoms with E-state index in [9.17, 15) is 9.90 Å². The summed E-state index contributed by atoms with van der Waals surface area (Å²) in [4.78, 5) is 19.6. The van der Waals surface area contributed by atoms with Crippen molar-refractivity contribution in [2.45, 2.75) is 32.7 Å². The molecular weight excluding hydrogens is 266 g/mol. The SMILES string of the molecule is CC(C)(C)[C@@]12CN(C(=O)O)CC[C@@H]1CN2c1cccnc1. The summed E-state index contributed by atoms with van der Waals surface area (Å²) in [5.74, 6) is 0.549. The van der Waals surface area contributed by atoms with Gasteiger partial charge in [0.15, 0.2) is 0 Å². The number of pyridine rings is 1. The van der Waals surface area contributed by atoms with Gasteiger partial charge in [0, 0.05) is 31.7 Å². The molecule has 2 aliphatic heterocycles. The van der Waals surface area contributed by atoms with Crippen LogP contribution in [0.3, 0.4) is 0 Å². The second kappa shape index (κ2) is 4.61. The summed E-state index contributed by atoms with van der Waals surface area (Å²) in [5.41, 5.74) is 0.961. The van der Waals surface area contributed by atoms with E-state index in [0.717, 1.165) is 18.7 Å². The fourth-order valence-corrected chi connectivity index (χ4v) is 4.14. The number of carboxylic acid groups (broad SMARTS) is 1. The van der Waals surface area contributed by atoms with Gasteiger partial charge in [0.1, 0.15) is 0 Å². The van der Waals surface area contributed by atoms with Crippen LogP contribution in [0, 0.1) is 11.3 Å². The van der Waals surface area contributed by atoms with Crippen LogP contribution >= 0.6 is 0 Å². The number of hydrogen-bond donors (Lipinski definition) is 1. The molecular formula is C16H23N3O2. The topological polar surface area (TPSA) is 56.7 Å². The third-order valence-electron chi connectivity index (χ3n) is 5.27. The lowest BCUT2D eigenvalue weighted by Gasteiger charge is -2.68. The van der Waals surface area contributed by atoms with E-state index in [1.165, 1.54) is 0 Å². The molecule has 0 spiro atoms. The van der Waals surface area contributed by atoms with Crippen molar-refractivity contribution in [1.29, 1.82) is 0 Å². The van der Waals surface area contributed by atoms with Crippen LogP contribution in [0.1, 0.15) is 27.2 Å². The molecule has 0 aromatic carbocycles. The molecule has 2 atom stereocenters. The van der Waals surface area contributed by atoms with Crippen LogP contribution < -0.4 is 4.90 Å². The van der Waals surface area contributed by atoms with Crippen molar-refractivity contribution in [3.8, 4) is 0 Å². The van der Waals surface area contributed by atoms with Gasteiger partial charge in [-0.1, -0.05) is 20.8 Å². The number of fused-ring (bicyclic) bond motifs is 1. The molecule has 0 unspecified atom stereocenters. The van der Waals surface area contributed by atoms with Crippen molar-refractivity contribution in [3.63, 3.8) is 0 Å². The summed E-state index contributed by atoms with van der Waals surface area (Å²) in [6.45, 7) is 8.87. The number of carbonyl (C=O) groups is 1. The molecule has 21 heavy (non-hydrogen) atoms. The molecule has 1 aromatic rings. The van der Waals surface area contributed by atoms with Crippen LogP contribution in [0.5, 0.6) is 0 Å². The van der Waals surface area contributed by atoms with E-state index in [4.69, 9.17) is 0 Å². The van der Waals surface area contributed by atoms with E-state index in [1.807, 2.05) is 12.3 Å². The van der Waals surface area contributed by atoms with Gasteiger partial charge < -0.3 is 14.9 Å². The maximum atomic E-state index is 11.4. The predicted octanol–water partition coefficient (Wildman–Crippen LogP) is 2.69. The van der Waals surface area contributed by atoms with Gasteiger partial charge in [0.25, 0.3) is 0 Å². The molecule has 2 fully saturated rings. The average molecular weight is 289 g/mol. The molecule has 0 aliphatic carbocycles. The molecule has 5 heteroatoms. The molecule has 1 N–H and O–H groups in total. The molecule has 1 amide bonds. The number of hydrogen-bond acceptors (Lipinski definition) is 3. The number of likely N-dealkylation sites (tertiary alicyclic amines) is 1. The Morgan fingerprint density at radius 2 is 2.24 bits per heavy atom. The van der Waals surface area contributed by atoms with E-state index < -0.39 is 6.09 Å². The summed E-state index contributed by atoms with van der Waals surface area (Å²) >= 11 is 0. The maximum Gasteiger partial charge on any atom is 0.407 e. The summed E-state index contributed by atoms with van der Waals surface area (Å²) < 4.78 is 0. The number of amides is 1. The van der Waals surface area contributed by atoms with Crippen LogP contribution in [0.4, 0.5) is 10.5 Å². The number of anilines is 1. The normalized spacial score (nSPS) is 28.8. The molecule has 2 aliphatic rings. The van der Waals surface area contributed by atoms with Gasteiger partial charge in [0.2, 0.25) is 0 Å². The summed E-state index contributed by atoms with van der Waals surface area (Å²) in [7, 11) is 0. The van der Waals surface area contributed by atoms with Crippen molar-refractivity contribution >= 4 is 11.8 Å². The summed E-state index contributed by atoms with van der Waals surface area (Å²) in [6, 6.07) is 4.01. The van der Waals surface area contributed by atoms with Crippen LogP contribution in [-0.2, 0) is 0 Å². The van der Waals surface area contributed by atoms with Gasteiger partial charge >= 0.3 is 6.09 Å². The Kier molecular flexibility index (Phi) is 3.11. The van der Waals surface area contributed by atoms with Gasteiger partial charge in [0.05, 0.1) is 17.4 Å². The Labute approximate surface area is 125 Å². The zero-order valence-corrected chi connectivity index (χ0v) is 12.9. The first kappa shape index (κ1) is 14.2. The predicted molar refractivity (Wildman–Crippen MR) is 81.5 cm³/mol. The van der Waals surface area contributed by atoms with Gasteiger partial charge in [-0.25, -0.2) is 4.79 Å². The standard InChI is InChI=1S/C16H23N3O2/c1-15(2,3)16-11-18(14(20)21)8-6-12(16)10-19(16)13-5-4-7-17-9-13/h4-5,7,9,12H,6,8,10-11H2,1-3H3,(H,20,21)/t12-,16-/m1/s1. The van der Waals surface area contributed by atoms with E-state index in [1.54, 1.807) is 11.1 Å². The third kappa shape index (κ3) is 1.98. The highest BCUT2D eigenvalue weighted by Crippen LogP contribution is 2.54. The molecule has 3 rings (SSSR count). The highest BCUT2D eigenvalue weighted by Gasteiger charge is 2.62. The van der Waals surface area contributed by atoms with Crippen LogP contribution in [0.15, 0.2) is 24.5 Å². The first-order chi connectivity index (χ1) is 9.86. The third-order valence-corrected chi connectivity index (χ3v) is 5.27. The number of piperidine rings is 1. The highest BCUT2D eigenvalue weighted by atomic mass is 16.4. The molecule has 114 valence electrons. The van der Waals surface area contributed by atoms with Crippen molar-refractivity contribution in [1.82, 2.24) is 9.88 Å². The maximum absolute atomic E-state index is 11.4. The zero-order valence-electron chi connectivity index (χ0n) is 12.9. The van der Waals surface area contributed by atoms with Gasteiger partial charge in [-0.05, 0) is 24.0 Å². The zero-order chi connectivity index (χ0) is 15.3. The Balaban J connectivity index is 1.99. The molecule has 3 heterocycles. The number of rotatable bonds is 1. The van der Waals surface area contributed by atoms with Crippen molar-refractivity contribution in [2.75, 3.05) is 24.5 Å². The Hall–Kier alpha value is -1.78. The minimum Gasteiger partial charge on any atom is -0.465 e. The smallest absolute Gasteiger partial charge is 0.407 e. The van der Waals surface area contributed by atoms with E-state index in [0.29, 0.717) is 19.0 Å². The quantitative estimate of drug-likeness (QED) is 0.863. The minimum atomic E-state index is -0.810. The number of aromatic nitrogens is 1. The molecule has 0 saturated carbocycles. The molecule has 1 aromatic heterocycles. The fourth-order valence-electron chi connectivity index (χ4n) is 4.14.